The molecule has 0 amide bonds. The van der Waals surface area contributed by atoms with Gasteiger partial charge in [-0.3, -0.25) is 0 Å². The van der Waals surface area contributed by atoms with Crippen molar-refractivity contribution in [2.45, 2.75) is 10.8 Å². The van der Waals surface area contributed by atoms with Gasteiger partial charge in [-0.2, -0.15) is 0 Å². The van der Waals surface area contributed by atoms with Crippen LogP contribution in [0.2, 0.25) is 0 Å². The van der Waals surface area contributed by atoms with Crippen molar-refractivity contribution in [3.8, 4) is 89.8 Å². The summed E-state index contributed by atoms with van der Waals surface area (Å²) in [5, 5.41) is 0. The fraction of sp³-hybridized carbons (Fsp3) is 0.0250. The lowest BCUT2D eigenvalue weighted by atomic mass is 9.66. The van der Waals surface area contributed by atoms with Gasteiger partial charge in [-0.05, 0) is 162 Å². The van der Waals surface area contributed by atoms with E-state index in [-0.39, 0.29) is 0 Å². The van der Waals surface area contributed by atoms with Crippen LogP contribution in [0.4, 0.5) is 17.1 Å². The fourth-order valence-electron chi connectivity index (χ4n) is 14.4. The van der Waals surface area contributed by atoms with Crippen LogP contribution in [-0.2, 0) is 10.8 Å². The summed E-state index contributed by atoms with van der Waals surface area (Å²) in [5.74, 6) is 3.56. The molecule has 2 aliphatic heterocycles. The van der Waals surface area contributed by atoms with E-state index in [1.807, 2.05) is 0 Å². The van der Waals surface area contributed by atoms with Crippen LogP contribution < -0.4 is 14.4 Å². The third-order valence-corrected chi connectivity index (χ3v) is 18.0. The lowest BCUT2D eigenvalue weighted by Crippen LogP contribution is -2.32. The van der Waals surface area contributed by atoms with Crippen LogP contribution in [0.15, 0.2) is 309 Å². The molecule has 2 heterocycles. The normalized spacial score (nSPS) is 13.7. The highest BCUT2D eigenvalue weighted by Gasteiger charge is 2.52. The Kier molecular flexibility index (Phi) is 10.4. The molecule has 3 nitrogen and oxygen atoms in total. The molecular weight excluding hydrogens is 1010 g/mol. The molecule has 0 saturated carbocycles. The number of fused-ring (bicyclic) bond motifs is 18. The predicted octanol–water partition coefficient (Wildman–Crippen LogP) is 20.8. The van der Waals surface area contributed by atoms with Gasteiger partial charge in [-0.1, -0.05) is 237 Å². The van der Waals surface area contributed by atoms with Gasteiger partial charge in [0.15, 0.2) is 0 Å². The quantitative estimate of drug-likeness (QED) is 0.159. The average Bonchev–Trinajstić information content (AvgIpc) is 1.80. The summed E-state index contributed by atoms with van der Waals surface area (Å²) in [6.45, 7) is 0. The van der Waals surface area contributed by atoms with E-state index in [1.165, 1.54) is 61.2 Å². The molecule has 17 rings (SSSR count). The molecule has 13 aromatic rings. The first-order valence-corrected chi connectivity index (χ1v) is 28.6. The van der Waals surface area contributed by atoms with Crippen molar-refractivity contribution >= 4 is 17.1 Å². The molecule has 3 heteroatoms. The molecule has 2 aliphatic carbocycles. The van der Waals surface area contributed by atoms with E-state index in [0.29, 0.717) is 0 Å². The summed E-state index contributed by atoms with van der Waals surface area (Å²) >= 11 is 0. The van der Waals surface area contributed by atoms with Crippen LogP contribution in [0, 0.1) is 0 Å². The third kappa shape index (κ3) is 6.98. The first-order chi connectivity index (χ1) is 41.1. The summed E-state index contributed by atoms with van der Waals surface area (Å²) in [6.07, 6.45) is 0. The van der Waals surface area contributed by atoms with Crippen molar-refractivity contribution in [3.05, 3.63) is 354 Å². The molecule has 4 aliphatic rings. The number of rotatable bonds is 7. The first-order valence-electron chi connectivity index (χ1n) is 28.6. The number of para-hydroxylation sites is 4. The molecule has 0 fully saturated rings. The first kappa shape index (κ1) is 47.1. The van der Waals surface area contributed by atoms with Crippen molar-refractivity contribution in [2.75, 3.05) is 4.90 Å². The maximum absolute atomic E-state index is 6.69. The van der Waals surface area contributed by atoms with Crippen molar-refractivity contribution < 1.29 is 9.47 Å². The van der Waals surface area contributed by atoms with E-state index in [2.05, 4.69) is 314 Å². The molecule has 0 radical (unpaired) electrons. The Bertz CT molecular complexity index is 4640. The van der Waals surface area contributed by atoms with Crippen LogP contribution >= 0.6 is 0 Å². The van der Waals surface area contributed by atoms with Crippen LogP contribution in [0.3, 0.4) is 0 Å². The van der Waals surface area contributed by atoms with Gasteiger partial charge in [0.25, 0.3) is 0 Å². The summed E-state index contributed by atoms with van der Waals surface area (Å²) in [6, 6.07) is 113. The molecular formula is C80H51NO2. The van der Waals surface area contributed by atoms with Crippen molar-refractivity contribution in [2.24, 2.45) is 0 Å². The van der Waals surface area contributed by atoms with E-state index in [4.69, 9.17) is 9.47 Å². The van der Waals surface area contributed by atoms with Gasteiger partial charge >= 0.3 is 0 Å². The van der Waals surface area contributed by atoms with Gasteiger partial charge in [-0.15, -0.1) is 0 Å². The highest BCUT2D eigenvalue weighted by Crippen LogP contribution is 2.64. The van der Waals surface area contributed by atoms with Gasteiger partial charge < -0.3 is 14.4 Å². The second-order valence-corrected chi connectivity index (χ2v) is 22.2. The number of anilines is 3. The second kappa shape index (κ2) is 18.4. The largest absolute Gasteiger partial charge is 0.457 e. The van der Waals surface area contributed by atoms with Gasteiger partial charge in [0.2, 0.25) is 0 Å². The standard InChI is InChI=1S/C80H51NO2/c1-2-17-52(18-3-1)53-33-35-54(36-34-53)55-37-43-60(44-38-55)81(61-45-39-56(40-46-61)58-41-47-65-63-21-4-6-23-67(63)79(73(65)50-58)69-25-8-12-29-75(69)82-76-30-13-9-26-70(76)79)62-20-16-19-57(49-62)59-42-48-66-64-22-5-7-24-68(64)80(74(66)51-59)71-27-10-14-31-77(71)83-78-32-15-11-28-72(78)80/h1-51H. The molecule has 2 spiro atoms. The fourth-order valence-corrected chi connectivity index (χ4v) is 14.4. The number of hydrogen-bond acceptors (Lipinski definition) is 3. The molecule has 0 aromatic heterocycles. The Balaban J connectivity index is 0.788. The molecule has 13 aromatic carbocycles. The third-order valence-electron chi connectivity index (χ3n) is 18.0. The highest BCUT2D eigenvalue weighted by atomic mass is 16.5. The Morgan fingerprint density at radius 3 is 0.940 bits per heavy atom. The van der Waals surface area contributed by atoms with Gasteiger partial charge in [-0.25, -0.2) is 0 Å². The van der Waals surface area contributed by atoms with Gasteiger partial charge in [0.05, 0.1) is 10.8 Å². The van der Waals surface area contributed by atoms with Crippen molar-refractivity contribution in [1.82, 2.24) is 0 Å². The topological polar surface area (TPSA) is 21.7 Å². The maximum Gasteiger partial charge on any atom is 0.132 e. The Labute approximate surface area is 483 Å². The molecule has 83 heavy (non-hydrogen) atoms. The second-order valence-electron chi connectivity index (χ2n) is 22.2. The van der Waals surface area contributed by atoms with E-state index in [9.17, 15) is 0 Å². The molecule has 0 N–H and O–H groups in total. The summed E-state index contributed by atoms with van der Waals surface area (Å²) in [7, 11) is 0. The highest BCUT2D eigenvalue weighted by molar-refractivity contribution is 5.93. The number of benzene rings is 13. The molecule has 0 atom stereocenters. The molecule has 0 bridgehead atoms. The van der Waals surface area contributed by atoms with Crippen LogP contribution in [0.5, 0.6) is 23.0 Å². The number of ether oxygens (including phenoxy) is 2. The lowest BCUT2D eigenvalue weighted by molar-refractivity contribution is 0.436. The van der Waals surface area contributed by atoms with Crippen LogP contribution in [-0.4, -0.2) is 0 Å². The number of hydrogen-bond donors (Lipinski definition) is 0. The minimum atomic E-state index is -0.564. The van der Waals surface area contributed by atoms with E-state index in [1.54, 1.807) is 0 Å². The Morgan fingerprint density at radius 2 is 0.494 bits per heavy atom. The minimum absolute atomic E-state index is 0.547. The van der Waals surface area contributed by atoms with E-state index >= 15 is 0 Å². The number of nitrogens with zero attached hydrogens (tertiary/aromatic N) is 1. The van der Waals surface area contributed by atoms with E-state index in [0.717, 1.165) is 90.1 Å². The van der Waals surface area contributed by atoms with Gasteiger partial charge in [0.1, 0.15) is 23.0 Å². The summed E-state index contributed by atoms with van der Waals surface area (Å²) in [4.78, 5) is 2.40. The molecule has 0 unspecified atom stereocenters. The zero-order valence-corrected chi connectivity index (χ0v) is 45.2. The Hall–Kier alpha value is -10.7. The monoisotopic (exact) mass is 1060 g/mol. The average molecular weight is 1060 g/mol. The summed E-state index contributed by atoms with van der Waals surface area (Å²) < 4.78 is 13.4. The Morgan fingerprint density at radius 1 is 0.193 bits per heavy atom. The van der Waals surface area contributed by atoms with Crippen LogP contribution in [0.25, 0.3) is 66.8 Å². The van der Waals surface area contributed by atoms with Crippen molar-refractivity contribution in [1.29, 1.82) is 0 Å². The zero-order chi connectivity index (χ0) is 54.6. The van der Waals surface area contributed by atoms with E-state index < -0.39 is 10.8 Å². The molecule has 0 saturated heterocycles. The van der Waals surface area contributed by atoms with Gasteiger partial charge in [0, 0.05) is 39.3 Å². The predicted molar refractivity (Wildman–Crippen MR) is 338 cm³/mol. The lowest BCUT2D eigenvalue weighted by Gasteiger charge is -2.39. The van der Waals surface area contributed by atoms with Crippen LogP contribution in [0.1, 0.15) is 44.5 Å². The SMILES string of the molecule is c1ccc(-c2ccc(-c3ccc(N(c4ccc(-c5ccc6c(c5)C5(c7ccccc7Oc7ccccc75)c5ccccc5-6)cc4)c4cccc(-c5ccc6c(c5)C5(c7ccccc7Oc7ccccc75)c5ccccc5-6)c4)cc3)cc2)cc1. The summed E-state index contributed by atoms with van der Waals surface area (Å²) in [5.41, 5.74) is 26.1. The smallest absolute Gasteiger partial charge is 0.132 e. The zero-order valence-electron chi connectivity index (χ0n) is 45.2. The minimum Gasteiger partial charge on any atom is -0.457 e. The maximum atomic E-state index is 6.69. The molecule has 388 valence electrons. The van der Waals surface area contributed by atoms with Crippen molar-refractivity contribution in [3.63, 3.8) is 0 Å².